The Labute approximate surface area is 120 Å². The van der Waals surface area contributed by atoms with Gasteiger partial charge in [-0.1, -0.05) is 12.0 Å². The second kappa shape index (κ2) is 7.50. The first kappa shape index (κ1) is 15.1. The van der Waals surface area contributed by atoms with Crippen molar-refractivity contribution in [2.45, 2.75) is 32.6 Å². The maximum Gasteiger partial charge on any atom is 0.222 e. The van der Waals surface area contributed by atoms with Crippen LogP contribution in [0.2, 0.25) is 0 Å². The lowest BCUT2D eigenvalue weighted by molar-refractivity contribution is -0.128. The van der Waals surface area contributed by atoms with E-state index in [0.717, 1.165) is 13.1 Å². The zero-order chi connectivity index (χ0) is 14.4. The molecule has 0 aliphatic carbocycles. The summed E-state index contributed by atoms with van der Waals surface area (Å²) in [5.74, 6) is 1.10. The summed E-state index contributed by atoms with van der Waals surface area (Å²) in [6.07, 6.45) is 4.17. The van der Waals surface area contributed by atoms with Crippen LogP contribution < -0.4 is 0 Å². The standard InChI is InChI=1S/C14H25N5O/c1-2-5-18-6-3-12(4-7-18)10-19-11-13(8-14(19)20)9-16-17-15/h12-13H,2-11H2,1H3. The van der Waals surface area contributed by atoms with Gasteiger partial charge in [-0.05, 0) is 56.3 Å². The van der Waals surface area contributed by atoms with Crippen LogP contribution in [0.1, 0.15) is 32.6 Å². The van der Waals surface area contributed by atoms with Crippen LogP contribution >= 0.6 is 0 Å². The van der Waals surface area contributed by atoms with Crippen LogP contribution in [0, 0.1) is 11.8 Å². The van der Waals surface area contributed by atoms with E-state index in [1.807, 2.05) is 4.90 Å². The minimum Gasteiger partial charge on any atom is -0.342 e. The van der Waals surface area contributed by atoms with Gasteiger partial charge in [0.1, 0.15) is 0 Å². The normalized spacial score (nSPS) is 24.9. The van der Waals surface area contributed by atoms with Crippen LogP contribution in [0.5, 0.6) is 0 Å². The Morgan fingerprint density at radius 2 is 2.10 bits per heavy atom. The van der Waals surface area contributed by atoms with Crippen LogP contribution in [-0.2, 0) is 4.79 Å². The quantitative estimate of drug-likeness (QED) is 0.425. The van der Waals surface area contributed by atoms with Crippen molar-refractivity contribution in [3.8, 4) is 0 Å². The Morgan fingerprint density at radius 1 is 1.35 bits per heavy atom. The van der Waals surface area contributed by atoms with Crippen molar-refractivity contribution in [1.82, 2.24) is 9.80 Å². The van der Waals surface area contributed by atoms with E-state index in [0.29, 0.717) is 18.9 Å². The molecular formula is C14H25N5O. The fourth-order valence-corrected chi connectivity index (χ4v) is 3.33. The lowest BCUT2D eigenvalue weighted by atomic mass is 9.96. The number of carbonyl (C=O) groups excluding carboxylic acids is 1. The topological polar surface area (TPSA) is 72.3 Å². The van der Waals surface area contributed by atoms with Gasteiger partial charge in [-0.2, -0.15) is 0 Å². The second-order valence-electron chi connectivity index (χ2n) is 6.07. The Kier molecular flexibility index (Phi) is 5.68. The average Bonchev–Trinajstić information content (AvgIpc) is 2.79. The predicted octanol–water partition coefficient (Wildman–Crippen LogP) is 2.27. The third-order valence-electron chi connectivity index (χ3n) is 4.42. The molecule has 1 amide bonds. The monoisotopic (exact) mass is 279 g/mol. The highest BCUT2D eigenvalue weighted by Crippen LogP contribution is 2.24. The highest BCUT2D eigenvalue weighted by molar-refractivity contribution is 5.78. The number of carbonyl (C=O) groups is 1. The molecular weight excluding hydrogens is 254 g/mol. The summed E-state index contributed by atoms with van der Waals surface area (Å²) < 4.78 is 0. The van der Waals surface area contributed by atoms with Gasteiger partial charge < -0.3 is 9.80 Å². The molecule has 0 aromatic carbocycles. The predicted molar refractivity (Wildman–Crippen MR) is 78.2 cm³/mol. The molecule has 0 radical (unpaired) electrons. The lowest BCUT2D eigenvalue weighted by Crippen LogP contribution is -2.39. The fraction of sp³-hybridized carbons (Fsp3) is 0.929. The van der Waals surface area contributed by atoms with E-state index >= 15 is 0 Å². The molecule has 1 atom stereocenters. The van der Waals surface area contributed by atoms with Gasteiger partial charge in [-0.25, -0.2) is 0 Å². The fourth-order valence-electron chi connectivity index (χ4n) is 3.33. The van der Waals surface area contributed by atoms with Crippen molar-refractivity contribution < 1.29 is 4.79 Å². The zero-order valence-electron chi connectivity index (χ0n) is 12.4. The third kappa shape index (κ3) is 4.12. The van der Waals surface area contributed by atoms with Gasteiger partial charge in [-0.3, -0.25) is 4.79 Å². The van der Waals surface area contributed by atoms with Crippen LogP contribution in [0.4, 0.5) is 0 Å². The molecule has 2 aliphatic heterocycles. The minimum absolute atomic E-state index is 0.221. The van der Waals surface area contributed by atoms with Crippen LogP contribution in [0.3, 0.4) is 0 Å². The van der Waals surface area contributed by atoms with E-state index < -0.39 is 0 Å². The van der Waals surface area contributed by atoms with Crippen LogP contribution in [0.25, 0.3) is 10.4 Å². The molecule has 0 spiro atoms. The Bertz CT molecular complexity index is 372. The van der Waals surface area contributed by atoms with E-state index in [9.17, 15) is 4.79 Å². The average molecular weight is 279 g/mol. The number of piperidine rings is 1. The molecule has 20 heavy (non-hydrogen) atoms. The number of amides is 1. The first-order valence-electron chi connectivity index (χ1n) is 7.74. The number of nitrogens with zero attached hydrogens (tertiary/aromatic N) is 5. The number of rotatable bonds is 6. The molecule has 2 heterocycles. The van der Waals surface area contributed by atoms with Gasteiger partial charge in [0, 0.05) is 31.0 Å². The number of hydrogen-bond donors (Lipinski definition) is 0. The summed E-state index contributed by atoms with van der Waals surface area (Å²) in [5.41, 5.74) is 8.34. The Hall–Kier alpha value is -1.26. The molecule has 2 saturated heterocycles. The molecule has 6 nitrogen and oxygen atoms in total. The number of azide groups is 1. The van der Waals surface area contributed by atoms with E-state index in [2.05, 4.69) is 21.8 Å². The van der Waals surface area contributed by atoms with Gasteiger partial charge in [0.25, 0.3) is 0 Å². The Balaban J connectivity index is 1.74. The van der Waals surface area contributed by atoms with Crippen LogP contribution in [0.15, 0.2) is 5.11 Å². The van der Waals surface area contributed by atoms with Crippen LogP contribution in [-0.4, -0.2) is 55.0 Å². The molecule has 6 heteroatoms. The van der Waals surface area contributed by atoms with Crippen molar-refractivity contribution in [3.63, 3.8) is 0 Å². The summed E-state index contributed by atoms with van der Waals surface area (Å²) in [4.78, 5) is 19.3. The largest absolute Gasteiger partial charge is 0.342 e. The zero-order valence-corrected chi connectivity index (χ0v) is 12.4. The first-order chi connectivity index (χ1) is 9.72. The van der Waals surface area contributed by atoms with Gasteiger partial charge in [0.2, 0.25) is 5.91 Å². The summed E-state index contributed by atoms with van der Waals surface area (Å²) in [5, 5.41) is 3.59. The van der Waals surface area contributed by atoms with E-state index in [4.69, 9.17) is 5.53 Å². The van der Waals surface area contributed by atoms with Gasteiger partial charge >= 0.3 is 0 Å². The van der Waals surface area contributed by atoms with Gasteiger partial charge in [0.15, 0.2) is 0 Å². The maximum atomic E-state index is 12.0. The van der Waals surface area contributed by atoms with Crippen molar-refractivity contribution >= 4 is 5.91 Å². The van der Waals surface area contributed by atoms with E-state index in [-0.39, 0.29) is 11.8 Å². The second-order valence-corrected chi connectivity index (χ2v) is 6.07. The number of likely N-dealkylation sites (tertiary alicyclic amines) is 2. The maximum absolute atomic E-state index is 12.0. The Morgan fingerprint density at radius 3 is 2.75 bits per heavy atom. The molecule has 2 rings (SSSR count). The molecule has 2 fully saturated rings. The molecule has 0 N–H and O–H groups in total. The van der Waals surface area contributed by atoms with Gasteiger partial charge in [-0.15, -0.1) is 0 Å². The highest BCUT2D eigenvalue weighted by atomic mass is 16.2. The summed E-state index contributed by atoms with van der Waals surface area (Å²) >= 11 is 0. The van der Waals surface area contributed by atoms with Crippen molar-refractivity contribution in [3.05, 3.63) is 10.4 Å². The van der Waals surface area contributed by atoms with Gasteiger partial charge in [0.05, 0.1) is 0 Å². The molecule has 2 aliphatic rings. The van der Waals surface area contributed by atoms with E-state index in [1.54, 1.807) is 0 Å². The molecule has 0 bridgehead atoms. The summed E-state index contributed by atoms with van der Waals surface area (Å²) in [7, 11) is 0. The minimum atomic E-state index is 0.221. The first-order valence-corrected chi connectivity index (χ1v) is 7.74. The molecule has 1 unspecified atom stereocenters. The van der Waals surface area contributed by atoms with Crippen molar-refractivity contribution in [1.29, 1.82) is 0 Å². The van der Waals surface area contributed by atoms with E-state index in [1.165, 1.54) is 38.9 Å². The number of hydrogen-bond acceptors (Lipinski definition) is 3. The molecule has 0 aromatic rings. The highest BCUT2D eigenvalue weighted by Gasteiger charge is 2.31. The summed E-state index contributed by atoms with van der Waals surface area (Å²) in [6.45, 7) is 7.88. The molecule has 0 aromatic heterocycles. The smallest absolute Gasteiger partial charge is 0.222 e. The molecule has 0 saturated carbocycles. The SMILES string of the molecule is CCCN1CCC(CN2CC(CN=[N+]=[N-])CC2=O)CC1. The third-order valence-corrected chi connectivity index (χ3v) is 4.42. The van der Waals surface area contributed by atoms with Crippen molar-refractivity contribution in [2.75, 3.05) is 39.3 Å². The lowest BCUT2D eigenvalue weighted by Gasteiger charge is -2.33. The summed E-state index contributed by atoms with van der Waals surface area (Å²) in [6, 6.07) is 0. The van der Waals surface area contributed by atoms with Crippen molar-refractivity contribution in [2.24, 2.45) is 17.0 Å². The molecule has 112 valence electrons.